The summed E-state index contributed by atoms with van der Waals surface area (Å²) in [6.45, 7) is 4.94. The van der Waals surface area contributed by atoms with Gasteiger partial charge in [-0.25, -0.2) is 0 Å². The molecule has 2 aliphatic carbocycles. The average molecular weight is 634 g/mol. The molecule has 1 unspecified atom stereocenters. The third-order valence-electron chi connectivity index (χ3n) is 6.50. The molecule has 1 saturated carbocycles. The van der Waals surface area contributed by atoms with E-state index >= 15 is 0 Å². The fourth-order valence-corrected chi connectivity index (χ4v) is 25.7. The van der Waals surface area contributed by atoms with Gasteiger partial charge >= 0.3 is 182 Å². The van der Waals surface area contributed by atoms with Crippen LogP contribution in [0.2, 0.25) is 13.1 Å². The Hall–Kier alpha value is 0.0970. The molecule has 3 rings (SSSR count). The minimum atomic E-state index is -2.21. The third kappa shape index (κ3) is 8.22. The molecule has 1 atom stereocenters. The van der Waals surface area contributed by atoms with Crippen LogP contribution in [0.15, 0.2) is 30.3 Å². The number of carbonyl (C=O) groups is 1. The normalized spacial score (nSPS) is 20.2. The second kappa shape index (κ2) is 15.0. The number of halogens is 2. The molecule has 0 aromatic heterocycles. The minimum absolute atomic E-state index is 0. The average Bonchev–Trinajstić information content (AvgIpc) is 3.10. The SMILES string of the molecule is C[SiH](C)[Hf+2]([NH]C(=O)C1CCCCCCCCCCC1)[CH]1C=Cc2ccccc21.[Cl-].[Cl-]. The topological polar surface area (TPSA) is 29.1 Å². The van der Waals surface area contributed by atoms with Gasteiger partial charge in [-0.3, -0.25) is 0 Å². The van der Waals surface area contributed by atoms with Crippen molar-refractivity contribution >= 4 is 18.0 Å². The van der Waals surface area contributed by atoms with Gasteiger partial charge in [0.15, 0.2) is 0 Å². The number of amides is 1. The van der Waals surface area contributed by atoms with Crippen molar-refractivity contribution in [2.75, 3.05) is 0 Å². The van der Waals surface area contributed by atoms with Crippen molar-refractivity contribution in [1.82, 2.24) is 3.30 Å². The van der Waals surface area contributed by atoms with Gasteiger partial charge in [0.2, 0.25) is 0 Å². The number of carbonyl (C=O) groups excluding carboxylic acids is 1. The van der Waals surface area contributed by atoms with E-state index in [-0.39, 0.29) is 30.7 Å². The molecule has 1 fully saturated rings. The van der Waals surface area contributed by atoms with Crippen molar-refractivity contribution in [3.8, 4) is 0 Å². The van der Waals surface area contributed by atoms with E-state index in [1.165, 1.54) is 68.9 Å². The molecule has 1 amide bonds. The maximum Gasteiger partial charge on any atom is -1.00 e. The molecule has 167 valence electrons. The largest absolute Gasteiger partial charge is 1.00 e. The van der Waals surface area contributed by atoms with Crippen LogP contribution in [0.1, 0.15) is 85.4 Å². The van der Waals surface area contributed by atoms with Crippen LogP contribution in [0.4, 0.5) is 0 Å². The van der Waals surface area contributed by atoms with Gasteiger partial charge in [0.05, 0.1) is 0 Å². The number of hydrogen-bond donors (Lipinski definition) is 1. The van der Waals surface area contributed by atoms with Crippen LogP contribution in [0, 0.1) is 5.92 Å². The van der Waals surface area contributed by atoms with Gasteiger partial charge in [0.1, 0.15) is 0 Å². The first kappa shape index (κ1) is 28.1. The smallest absolute Gasteiger partial charge is 1.00 e. The Morgan fingerprint density at radius 2 is 1.43 bits per heavy atom. The first-order valence-corrected chi connectivity index (χ1v) is 24.6. The molecule has 6 heteroatoms. The zero-order valence-electron chi connectivity index (χ0n) is 18.6. The van der Waals surface area contributed by atoms with E-state index in [0.717, 1.165) is 12.8 Å². The molecular formula is C24H38Cl2HfNOSi. The molecular weight excluding hydrogens is 596 g/mol. The summed E-state index contributed by atoms with van der Waals surface area (Å²) in [5.74, 6) is -0.127. The van der Waals surface area contributed by atoms with Gasteiger partial charge in [-0.05, 0) is 0 Å². The predicted molar refractivity (Wildman–Crippen MR) is 120 cm³/mol. The van der Waals surface area contributed by atoms with Crippen molar-refractivity contribution in [2.45, 2.75) is 87.4 Å². The van der Waals surface area contributed by atoms with Crippen molar-refractivity contribution in [3.63, 3.8) is 0 Å². The van der Waals surface area contributed by atoms with E-state index in [1.54, 1.807) is 0 Å². The fourth-order valence-electron chi connectivity index (χ4n) is 4.77. The molecule has 0 bridgehead atoms. The number of hydrogen-bond acceptors (Lipinski definition) is 1. The van der Waals surface area contributed by atoms with Crippen LogP contribution in [0.3, 0.4) is 0 Å². The molecule has 0 spiro atoms. The zero-order valence-corrected chi connectivity index (χ0v) is 24.9. The van der Waals surface area contributed by atoms with Gasteiger partial charge in [0, 0.05) is 0 Å². The summed E-state index contributed by atoms with van der Waals surface area (Å²) in [6, 6.07) is 8.82. The molecule has 0 saturated heterocycles. The summed E-state index contributed by atoms with van der Waals surface area (Å²) < 4.78 is 4.34. The monoisotopic (exact) mass is 634 g/mol. The summed E-state index contributed by atoms with van der Waals surface area (Å²) in [5.41, 5.74) is 2.87. The van der Waals surface area contributed by atoms with Gasteiger partial charge in [-0.15, -0.1) is 0 Å². The number of fused-ring (bicyclic) bond motifs is 1. The van der Waals surface area contributed by atoms with E-state index in [4.69, 9.17) is 0 Å². The van der Waals surface area contributed by atoms with Gasteiger partial charge in [0.25, 0.3) is 0 Å². The summed E-state index contributed by atoms with van der Waals surface area (Å²) in [4.78, 5) is 13.3. The minimum Gasteiger partial charge on any atom is -1.00 e. The Balaban J connectivity index is 0.00000225. The first-order chi connectivity index (χ1) is 13.7. The Kier molecular flexibility index (Phi) is 14.1. The van der Waals surface area contributed by atoms with Crippen molar-refractivity contribution in [1.29, 1.82) is 0 Å². The standard InChI is InChI=1S/C13H25NO.C9H7.C2H7Si.2ClH.Hf/c14-13(15)12-10-8-6-4-2-1-3-5-7-9-11-12;1-2-5-9-7-3-6-8(9)4-1;1-3-2;;;/h12H,1-11H2,(H2,14,15);1-7H;3H,1-2H3;2*1H;/q;;;;;+3/p-3. The molecule has 1 aromatic carbocycles. The molecule has 0 radical (unpaired) electrons. The van der Waals surface area contributed by atoms with Gasteiger partial charge in [-0.1, -0.05) is 0 Å². The van der Waals surface area contributed by atoms with Crippen molar-refractivity contribution in [2.24, 2.45) is 5.92 Å². The Morgan fingerprint density at radius 3 is 2.00 bits per heavy atom. The maximum atomic E-state index is 13.3. The summed E-state index contributed by atoms with van der Waals surface area (Å²) in [7, 11) is 0. The fraction of sp³-hybridized carbons (Fsp3) is 0.625. The molecule has 1 N–H and O–H groups in total. The third-order valence-corrected chi connectivity index (χ3v) is 31.4. The number of rotatable bonds is 4. The first-order valence-electron chi connectivity index (χ1n) is 11.6. The van der Waals surface area contributed by atoms with Crippen LogP contribution in [0.5, 0.6) is 0 Å². The molecule has 30 heavy (non-hydrogen) atoms. The second-order valence-electron chi connectivity index (χ2n) is 9.02. The molecule has 2 aliphatic rings. The number of allylic oxidation sites excluding steroid dienone is 1. The van der Waals surface area contributed by atoms with Crippen LogP contribution in [-0.2, 0) is 25.7 Å². The Morgan fingerprint density at radius 1 is 0.900 bits per heavy atom. The van der Waals surface area contributed by atoms with Crippen LogP contribution >= 0.6 is 0 Å². The van der Waals surface area contributed by atoms with E-state index in [1.807, 2.05) is 0 Å². The zero-order chi connectivity index (χ0) is 19.8. The van der Waals surface area contributed by atoms with E-state index in [2.05, 4.69) is 52.8 Å². The summed E-state index contributed by atoms with van der Waals surface area (Å²) >= 11 is -2.21. The second-order valence-corrected chi connectivity index (χ2v) is 35.3. The van der Waals surface area contributed by atoms with Gasteiger partial charge < -0.3 is 24.8 Å². The quantitative estimate of drug-likeness (QED) is 0.476. The number of benzene rings is 1. The van der Waals surface area contributed by atoms with Crippen LogP contribution in [-0.4, -0.2) is 11.9 Å². The Labute approximate surface area is 205 Å². The van der Waals surface area contributed by atoms with E-state index < -0.39 is 26.9 Å². The predicted octanol–water partition coefficient (Wildman–Crippen LogP) is 0.316. The van der Waals surface area contributed by atoms with Crippen molar-refractivity contribution < 1.29 is 50.5 Å². The van der Waals surface area contributed by atoms with E-state index in [9.17, 15) is 4.79 Å². The maximum absolute atomic E-state index is 13.3. The van der Waals surface area contributed by atoms with Crippen molar-refractivity contribution in [3.05, 3.63) is 41.5 Å². The van der Waals surface area contributed by atoms with Crippen LogP contribution < -0.4 is 28.1 Å². The Bertz CT molecular complexity index is 658. The summed E-state index contributed by atoms with van der Waals surface area (Å²) in [5, 5.41) is 0. The molecule has 0 aliphatic heterocycles. The molecule has 2 nitrogen and oxygen atoms in total. The van der Waals surface area contributed by atoms with Crippen LogP contribution in [0.25, 0.3) is 6.08 Å². The summed E-state index contributed by atoms with van der Waals surface area (Å²) in [6.07, 6.45) is 19.0. The molecule has 1 aromatic rings. The van der Waals surface area contributed by atoms with Gasteiger partial charge in [-0.2, -0.15) is 0 Å². The number of nitrogens with one attached hydrogen (secondary N) is 1. The van der Waals surface area contributed by atoms with E-state index in [0.29, 0.717) is 9.58 Å². The molecule has 0 heterocycles.